The Labute approximate surface area is 162 Å². The van der Waals surface area contributed by atoms with E-state index in [-0.39, 0.29) is 24.3 Å². The van der Waals surface area contributed by atoms with Crippen LogP contribution in [0.4, 0.5) is 5.69 Å². The molecule has 8 nitrogen and oxygen atoms in total. The number of benzene rings is 2. The summed E-state index contributed by atoms with van der Waals surface area (Å²) >= 11 is 0. The van der Waals surface area contributed by atoms with Crippen molar-refractivity contribution >= 4 is 11.6 Å². The van der Waals surface area contributed by atoms with E-state index in [9.17, 15) is 4.79 Å². The number of methoxy groups -OCH3 is 2. The zero-order valence-corrected chi connectivity index (χ0v) is 15.6. The van der Waals surface area contributed by atoms with E-state index in [2.05, 4.69) is 15.6 Å². The lowest BCUT2D eigenvalue weighted by molar-refractivity contribution is -0.00173. The van der Waals surface area contributed by atoms with Crippen molar-refractivity contribution in [2.45, 2.75) is 19.3 Å². The molecule has 1 aromatic heterocycles. The van der Waals surface area contributed by atoms with Gasteiger partial charge in [-0.1, -0.05) is 29.5 Å². The minimum Gasteiger partial charge on any atom is -0.497 e. The van der Waals surface area contributed by atoms with E-state index in [1.165, 1.54) is 0 Å². The SMILES string of the molecule is COc1ccc([C@@H]2Cn3nnc(C(=O)Nc4ccccc4OC)c3CO2)cc1. The molecular formula is C20H20N4O4. The van der Waals surface area contributed by atoms with Crippen molar-refractivity contribution in [3.05, 3.63) is 65.5 Å². The van der Waals surface area contributed by atoms with Gasteiger partial charge in [0.05, 0.1) is 38.8 Å². The van der Waals surface area contributed by atoms with Crippen molar-refractivity contribution in [2.75, 3.05) is 19.5 Å². The third-order valence-corrected chi connectivity index (χ3v) is 4.66. The Bertz CT molecular complexity index is 984. The Hall–Kier alpha value is -3.39. The summed E-state index contributed by atoms with van der Waals surface area (Å²) in [5, 5.41) is 11.0. The van der Waals surface area contributed by atoms with Crippen LogP contribution in [0, 0.1) is 0 Å². The van der Waals surface area contributed by atoms with Gasteiger partial charge in [0.2, 0.25) is 0 Å². The van der Waals surface area contributed by atoms with Gasteiger partial charge in [0, 0.05) is 0 Å². The zero-order valence-electron chi connectivity index (χ0n) is 15.6. The predicted molar refractivity (Wildman–Crippen MR) is 101 cm³/mol. The van der Waals surface area contributed by atoms with Gasteiger partial charge in [-0.25, -0.2) is 4.68 Å². The van der Waals surface area contributed by atoms with Crippen molar-refractivity contribution in [3.63, 3.8) is 0 Å². The molecule has 1 N–H and O–H groups in total. The van der Waals surface area contributed by atoms with E-state index < -0.39 is 0 Å². The highest BCUT2D eigenvalue weighted by Crippen LogP contribution is 2.29. The minimum absolute atomic E-state index is 0.162. The molecule has 0 saturated heterocycles. The second-order valence-corrected chi connectivity index (χ2v) is 6.29. The van der Waals surface area contributed by atoms with Crippen LogP contribution in [0.25, 0.3) is 0 Å². The van der Waals surface area contributed by atoms with Gasteiger partial charge in [-0.3, -0.25) is 4.79 Å². The molecule has 2 aromatic carbocycles. The number of anilines is 1. The average Bonchev–Trinajstić information content (AvgIpc) is 3.17. The molecule has 4 rings (SSSR count). The molecule has 0 spiro atoms. The average molecular weight is 380 g/mol. The van der Waals surface area contributed by atoms with Crippen LogP contribution in [0.15, 0.2) is 48.5 Å². The van der Waals surface area contributed by atoms with Crippen LogP contribution in [-0.4, -0.2) is 35.1 Å². The molecule has 28 heavy (non-hydrogen) atoms. The number of rotatable bonds is 5. The summed E-state index contributed by atoms with van der Waals surface area (Å²) < 4.78 is 18.1. The molecule has 0 bridgehead atoms. The molecule has 0 radical (unpaired) electrons. The highest BCUT2D eigenvalue weighted by Gasteiger charge is 2.28. The van der Waals surface area contributed by atoms with E-state index >= 15 is 0 Å². The quantitative estimate of drug-likeness (QED) is 0.732. The maximum atomic E-state index is 12.7. The number of nitrogens with one attached hydrogen (secondary N) is 1. The van der Waals surface area contributed by atoms with Crippen molar-refractivity contribution in [3.8, 4) is 11.5 Å². The summed E-state index contributed by atoms with van der Waals surface area (Å²) in [6.07, 6.45) is -0.162. The molecule has 0 saturated carbocycles. The molecule has 0 fully saturated rings. The van der Waals surface area contributed by atoms with E-state index in [1.54, 1.807) is 31.0 Å². The van der Waals surface area contributed by atoms with Crippen LogP contribution in [0.3, 0.4) is 0 Å². The van der Waals surface area contributed by atoms with Crippen LogP contribution in [0.1, 0.15) is 27.8 Å². The predicted octanol–water partition coefficient (Wildman–Crippen LogP) is 2.82. The van der Waals surface area contributed by atoms with Gasteiger partial charge in [-0.15, -0.1) is 5.10 Å². The highest BCUT2D eigenvalue weighted by atomic mass is 16.5. The van der Waals surface area contributed by atoms with Crippen LogP contribution in [0.5, 0.6) is 11.5 Å². The molecule has 1 amide bonds. The van der Waals surface area contributed by atoms with Crippen LogP contribution < -0.4 is 14.8 Å². The highest BCUT2D eigenvalue weighted by molar-refractivity contribution is 6.04. The number of hydrogen-bond acceptors (Lipinski definition) is 6. The second kappa shape index (κ2) is 7.69. The first kappa shape index (κ1) is 18.0. The summed E-state index contributed by atoms with van der Waals surface area (Å²) in [7, 11) is 3.18. The van der Waals surface area contributed by atoms with E-state index in [1.807, 2.05) is 36.4 Å². The maximum Gasteiger partial charge on any atom is 0.278 e. The fourth-order valence-electron chi connectivity index (χ4n) is 3.14. The van der Waals surface area contributed by atoms with Gasteiger partial charge in [0.25, 0.3) is 5.91 Å². The number of aromatic nitrogens is 3. The summed E-state index contributed by atoms with van der Waals surface area (Å²) in [4.78, 5) is 12.7. The van der Waals surface area contributed by atoms with Gasteiger partial charge in [-0.2, -0.15) is 0 Å². The minimum atomic E-state index is -0.350. The number of carbonyl (C=O) groups excluding carboxylic acids is 1. The first-order chi connectivity index (χ1) is 13.7. The van der Waals surface area contributed by atoms with Gasteiger partial charge >= 0.3 is 0 Å². The van der Waals surface area contributed by atoms with Crippen LogP contribution in [-0.2, 0) is 17.9 Å². The van der Waals surface area contributed by atoms with Crippen molar-refractivity contribution < 1.29 is 19.0 Å². The molecule has 144 valence electrons. The number of ether oxygens (including phenoxy) is 3. The topological polar surface area (TPSA) is 87.5 Å². The fourth-order valence-corrected chi connectivity index (χ4v) is 3.14. The number of fused-ring (bicyclic) bond motifs is 1. The molecule has 1 aliphatic rings. The maximum absolute atomic E-state index is 12.7. The standard InChI is InChI=1S/C20H20N4O4/c1-26-14-9-7-13(8-10-14)18-11-24-16(12-28-18)19(22-23-24)20(25)21-15-5-3-4-6-17(15)27-2/h3-10,18H,11-12H2,1-2H3,(H,21,25)/t18-/m0/s1. The van der Waals surface area contributed by atoms with Crippen molar-refractivity contribution in [1.29, 1.82) is 0 Å². The third kappa shape index (κ3) is 3.41. The molecule has 3 aromatic rings. The van der Waals surface area contributed by atoms with Gasteiger partial charge in [0.1, 0.15) is 17.6 Å². The lowest BCUT2D eigenvalue weighted by Gasteiger charge is -2.24. The summed E-state index contributed by atoms with van der Waals surface area (Å²) in [5.74, 6) is 1.02. The summed E-state index contributed by atoms with van der Waals surface area (Å²) in [6, 6.07) is 14.9. The molecule has 0 aliphatic carbocycles. The summed E-state index contributed by atoms with van der Waals surface area (Å²) in [5.41, 5.74) is 2.49. The molecule has 1 atom stereocenters. The first-order valence-electron chi connectivity index (χ1n) is 8.82. The first-order valence-corrected chi connectivity index (χ1v) is 8.82. The Kier molecular flexibility index (Phi) is 4.94. The van der Waals surface area contributed by atoms with E-state index in [0.717, 1.165) is 11.3 Å². The third-order valence-electron chi connectivity index (χ3n) is 4.66. The molecular weight excluding hydrogens is 360 g/mol. The second-order valence-electron chi connectivity index (χ2n) is 6.29. The molecule has 8 heteroatoms. The Morgan fingerprint density at radius 3 is 2.68 bits per heavy atom. The number of nitrogens with zero attached hydrogens (tertiary/aromatic N) is 3. The number of carbonyl (C=O) groups is 1. The molecule has 0 unspecified atom stereocenters. The lowest BCUT2D eigenvalue weighted by atomic mass is 10.1. The number of para-hydroxylation sites is 2. The number of hydrogen-bond donors (Lipinski definition) is 1. The Morgan fingerprint density at radius 1 is 1.14 bits per heavy atom. The van der Waals surface area contributed by atoms with Crippen molar-refractivity contribution in [1.82, 2.24) is 15.0 Å². The summed E-state index contributed by atoms with van der Waals surface area (Å²) in [6.45, 7) is 0.731. The normalized spacial score (nSPS) is 15.6. The van der Waals surface area contributed by atoms with Crippen LogP contribution in [0.2, 0.25) is 0 Å². The van der Waals surface area contributed by atoms with Crippen LogP contribution >= 0.6 is 0 Å². The van der Waals surface area contributed by atoms with E-state index in [0.29, 0.717) is 23.7 Å². The zero-order chi connectivity index (χ0) is 19.5. The molecule has 1 aliphatic heterocycles. The van der Waals surface area contributed by atoms with E-state index in [4.69, 9.17) is 14.2 Å². The number of amides is 1. The Balaban J connectivity index is 1.51. The van der Waals surface area contributed by atoms with Gasteiger partial charge in [0.15, 0.2) is 5.69 Å². The lowest BCUT2D eigenvalue weighted by Crippen LogP contribution is -2.24. The Morgan fingerprint density at radius 2 is 1.93 bits per heavy atom. The monoisotopic (exact) mass is 380 g/mol. The largest absolute Gasteiger partial charge is 0.497 e. The molecule has 2 heterocycles. The smallest absolute Gasteiger partial charge is 0.278 e. The fraction of sp³-hybridized carbons (Fsp3) is 0.250. The van der Waals surface area contributed by atoms with Gasteiger partial charge in [-0.05, 0) is 29.8 Å². The van der Waals surface area contributed by atoms with Gasteiger partial charge < -0.3 is 19.5 Å². The van der Waals surface area contributed by atoms with Crippen molar-refractivity contribution in [2.24, 2.45) is 0 Å².